The number of benzene rings is 2. The Bertz CT molecular complexity index is 689. The Morgan fingerprint density at radius 1 is 0.917 bits per heavy atom. The van der Waals surface area contributed by atoms with E-state index in [0.29, 0.717) is 12.0 Å². The molecular weight excluding hydrogens is 300 g/mol. The molecule has 126 valence electrons. The topological polar surface area (TPSA) is 49.4 Å². The number of likely N-dealkylation sites (N-methyl/N-ethyl adjacent to an activating group) is 1. The van der Waals surface area contributed by atoms with Crippen molar-refractivity contribution in [3.8, 4) is 0 Å². The Kier molecular flexibility index (Phi) is 6.13. The molecule has 4 nitrogen and oxygen atoms in total. The van der Waals surface area contributed by atoms with Gasteiger partial charge in [-0.2, -0.15) is 0 Å². The molecule has 24 heavy (non-hydrogen) atoms. The fraction of sp³-hybridized carbons (Fsp3) is 0.300. The number of rotatable bonds is 6. The molecule has 2 aromatic rings. The molecule has 2 aromatic carbocycles. The van der Waals surface area contributed by atoms with Crippen molar-refractivity contribution in [1.29, 1.82) is 0 Å². The summed E-state index contributed by atoms with van der Waals surface area (Å²) >= 11 is 0. The van der Waals surface area contributed by atoms with E-state index in [1.807, 2.05) is 48.5 Å². The molecule has 0 saturated carbocycles. The zero-order valence-corrected chi connectivity index (χ0v) is 14.5. The minimum absolute atomic E-state index is 0.0546. The minimum Gasteiger partial charge on any atom is -0.349 e. The Balaban J connectivity index is 1.97. The third-order valence-corrected chi connectivity index (χ3v) is 3.82. The van der Waals surface area contributed by atoms with Crippen LogP contribution in [0.15, 0.2) is 48.5 Å². The highest BCUT2D eigenvalue weighted by Crippen LogP contribution is 2.13. The van der Waals surface area contributed by atoms with Gasteiger partial charge in [-0.05, 0) is 41.8 Å². The van der Waals surface area contributed by atoms with Gasteiger partial charge in [0.15, 0.2) is 0 Å². The summed E-state index contributed by atoms with van der Waals surface area (Å²) in [5.41, 5.74) is 3.53. The first kappa shape index (κ1) is 17.7. The number of hydrogen-bond donors (Lipinski definition) is 1. The van der Waals surface area contributed by atoms with Gasteiger partial charge in [-0.1, -0.05) is 37.6 Å². The predicted molar refractivity (Wildman–Crippen MR) is 97.2 cm³/mol. The van der Waals surface area contributed by atoms with Gasteiger partial charge in [-0.15, -0.1) is 0 Å². The molecule has 0 radical (unpaired) electrons. The largest absolute Gasteiger partial charge is 0.349 e. The number of nitrogens with zero attached hydrogens (tertiary/aromatic N) is 1. The molecule has 0 atom stereocenters. The quantitative estimate of drug-likeness (QED) is 0.884. The molecule has 4 heteroatoms. The molecule has 0 aliphatic heterocycles. The Labute approximate surface area is 143 Å². The molecular formula is C20H24N2O2. The summed E-state index contributed by atoms with van der Waals surface area (Å²) in [6.45, 7) is 2.14. The lowest BCUT2D eigenvalue weighted by atomic mass is 10.1. The number of aryl methyl sites for hydroxylation is 1. The van der Waals surface area contributed by atoms with Gasteiger partial charge < -0.3 is 10.2 Å². The van der Waals surface area contributed by atoms with Crippen molar-refractivity contribution in [2.45, 2.75) is 26.2 Å². The maximum absolute atomic E-state index is 12.3. The van der Waals surface area contributed by atoms with Crippen molar-refractivity contribution in [1.82, 2.24) is 4.90 Å². The molecule has 0 unspecified atom stereocenters. The van der Waals surface area contributed by atoms with Crippen LogP contribution in [0.5, 0.6) is 0 Å². The van der Waals surface area contributed by atoms with Crippen LogP contribution in [0.2, 0.25) is 0 Å². The van der Waals surface area contributed by atoms with E-state index >= 15 is 0 Å². The molecule has 2 amide bonds. The number of anilines is 1. The van der Waals surface area contributed by atoms with Crippen LogP contribution in [-0.4, -0.2) is 30.8 Å². The van der Waals surface area contributed by atoms with E-state index in [1.165, 1.54) is 5.56 Å². The summed E-state index contributed by atoms with van der Waals surface area (Å²) in [4.78, 5) is 25.5. The first-order valence-corrected chi connectivity index (χ1v) is 8.19. The van der Waals surface area contributed by atoms with E-state index in [9.17, 15) is 9.59 Å². The van der Waals surface area contributed by atoms with E-state index in [2.05, 4.69) is 12.2 Å². The molecule has 0 spiro atoms. The lowest BCUT2D eigenvalue weighted by Crippen LogP contribution is -2.23. The SMILES string of the molecule is CCCc1ccc(C(=O)Nc2ccc(CC(=O)N(C)C)cc2)cc1. The minimum atomic E-state index is -0.129. The van der Waals surface area contributed by atoms with Gasteiger partial charge in [0.2, 0.25) is 5.91 Å². The molecule has 0 aromatic heterocycles. The van der Waals surface area contributed by atoms with Gasteiger partial charge in [0, 0.05) is 25.3 Å². The van der Waals surface area contributed by atoms with Gasteiger partial charge in [-0.3, -0.25) is 9.59 Å². The van der Waals surface area contributed by atoms with Crippen LogP contribution in [0.4, 0.5) is 5.69 Å². The van der Waals surface area contributed by atoms with Crippen molar-refractivity contribution in [2.24, 2.45) is 0 Å². The second kappa shape index (κ2) is 8.29. The molecule has 0 saturated heterocycles. The molecule has 0 aliphatic carbocycles. The van der Waals surface area contributed by atoms with E-state index in [4.69, 9.17) is 0 Å². The van der Waals surface area contributed by atoms with Crippen molar-refractivity contribution in [3.63, 3.8) is 0 Å². The predicted octanol–water partition coefficient (Wildman–Crippen LogP) is 3.52. The van der Waals surface area contributed by atoms with E-state index in [-0.39, 0.29) is 11.8 Å². The van der Waals surface area contributed by atoms with E-state index in [1.54, 1.807) is 19.0 Å². The van der Waals surface area contributed by atoms with Crippen molar-refractivity contribution >= 4 is 17.5 Å². The molecule has 1 N–H and O–H groups in total. The maximum atomic E-state index is 12.3. The van der Waals surface area contributed by atoms with Gasteiger partial charge in [-0.25, -0.2) is 0 Å². The van der Waals surface area contributed by atoms with Gasteiger partial charge >= 0.3 is 0 Å². The van der Waals surface area contributed by atoms with Crippen molar-refractivity contribution in [2.75, 3.05) is 19.4 Å². The summed E-state index contributed by atoms with van der Waals surface area (Å²) in [5, 5.41) is 2.88. The molecule has 0 fully saturated rings. The van der Waals surface area contributed by atoms with Crippen LogP contribution in [0.1, 0.15) is 34.8 Å². The Hall–Kier alpha value is -2.62. The number of carbonyl (C=O) groups is 2. The Morgan fingerprint density at radius 3 is 2.04 bits per heavy atom. The van der Waals surface area contributed by atoms with Crippen LogP contribution >= 0.6 is 0 Å². The lowest BCUT2D eigenvalue weighted by Gasteiger charge is -2.11. The molecule has 0 aliphatic rings. The third kappa shape index (κ3) is 4.95. The van der Waals surface area contributed by atoms with Crippen LogP contribution in [0.3, 0.4) is 0 Å². The number of hydrogen-bond acceptors (Lipinski definition) is 2. The average Bonchev–Trinajstić information content (AvgIpc) is 2.57. The zero-order valence-electron chi connectivity index (χ0n) is 14.5. The number of amides is 2. The van der Waals surface area contributed by atoms with Crippen molar-refractivity contribution < 1.29 is 9.59 Å². The summed E-state index contributed by atoms with van der Waals surface area (Å²) in [5.74, 6) is -0.0749. The van der Waals surface area contributed by atoms with E-state index < -0.39 is 0 Å². The monoisotopic (exact) mass is 324 g/mol. The maximum Gasteiger partial charge on any atom is 0.255 e. The van der Waals surface area contributed by atoms with Crippen LogP contribution in [0.25, 0.3) is 0 Å². The van der Waals surface area contributed by atoms with E-state index in [0.717, 1.165) is 24.1 Å². The summed E-state index contributed by atoms with van der Waals surface area (Å²) < 4.78 is 0. The zero-order chi connectivity index (χ0) is 17.5. The van der Waals surface area contributed by atoms with Gasteiger partial charge in [0.05, 0.1) is 6.42 Å². The van der Waals surface area contributed by atoms with Gasteiger partial charge in [0.25, 0.3) is 5.91 Å². The lowest BCUT2D eigenvalue weighted by molar-refractivity contribution is -0.127. The normalized spacial score (nSPS) is 10.3. The van der Waals surface area contributed by atoms with Gasteiger partial charge in [0.1, 0.15) is 0 Å². The first-order valence-electron chi connectivity index (χ1n) is 8.19. The van der Waals surface area contributed by atoms with Crippen LogP contribution in [0, 0.1) is 0 Å². The average molecular weight is 324 g/mol. The highest BCUT2D eigenvalue weighted by atomic mass is 16.2. The fourth-order valence-electron chi connectivity index (χ4n) is 2.35. The fourth-order valence-corrected chi connectivity index (χ4v) is 2.35. The smallest absolute Gasteiger partial charge is 0.255 e. The second-order valence-electron chi connectivity index (χ2n) is 6.06. The molecule has 0 bridgehead atoms. The number of nitrogens with one attached hydrogen (secondary N) is 1. The molecule has 2 rings (SSSR count). The molecule has 0 heterocycles. The second-order valence-corrected chi connectivity index (χ2v) is 6.06. The third-order valence-electron chi connectivity index (χ3n) is 3.82. The number of carbonyl (C=O) groups excluding carboxylic acids is 2. The summed E-state index contributed by atoms with van der Waals surface area (Å²) in [6.07, 6.45) is 2.48. The van der Waals surface area contributed by atoms with Crippen LogP contribution < -0.4 is 5.32 Å². The Morgan fingerprint density at radius 2 is 1.50 bits per heavy atom. The standard InChI is InChI=1S/C20H24N2O2/c1-4-5-15-6-10-17(11-7-15)20(24)21-18-12-8-16(9-13-18)14-19(23)22(2)3/h6-13H,4-5,14H2,1-3H3,(H,21,24). The highest BCUT2D eigenvalue weighted by Gasteiger charge is 2.08. The highest BCUT2D eigenvalue weighted by molar-refractivity contribution is 6.04. The summed E-state index contributed by atoms with van der Waals surface area (Å²) in [7, 11) is 3.48. The first-order chi connectivity index (χ1) is 11.5. The van der Waals surface area contributed by atoms with Crippen molar-refractivity contribution in [3.05, 3.63) is 65.2 Å². The summed E-state index contributed by atoms with van der Waals surface area (Å²) in [6, 6.07) is 15.1. The van der Waals surface area contributed by atoms with Crippen LogP contribution in [-0.2, 0) is 17.6 Å².